The maximum absolute atomic E-state index is 9.54. The summed E-state index contributed by atoms with van der Waals surface area (Å²) >= 11 is 0. The summed E-state index contributed by atoms with van der Waals surface area (Å²) in [6, 6.07) is 8.59. The molecule has 1 N–H and O–H groups in total. The third kappa shape index (κ3) is 3.03. The fourth-order valence-corrected chi connectivity index (χ4v) is 2.74. The molecule has 0 amide bonds. The molecule has 0 aromatic heterocycles. The van der Waals surface area contributed by atoms with Crippen molar-refractivity contribution < 1.29 is 5.11 Å². The van der Waals surface area contributed by atoms with E-state index in [-0.39, 0.29) is 0 Å². The predicted molar refractivity (Wildman–Crippen MR) is 74.8 cm³/mol. The summed E-state index contributed by atoms with van der Waals surface area (Å²) in [5.41, 5.74) is 1.18. The molecule has 1 aliphatic heterocycles. The summed E-state index contributed by atoms with van der Waals surface area (Å²) in [5.74, 6) is 0.353. The number of rotatable bonds is 4. The normalized spacial score (nSPS) is 22.6. The summed E-state index contributed by atoms with van der Waals surface area (Å²) in [5, 5.41) is 9.54. The zero-order valence-corrected chi connectivity index (χ0v) is 11.6. The van der Waals surface area contributed by atoms with Crippen LogP contribution in [0.2, 0.25) is 0 Å². The number of likely N-dealkylation sites (tertiary alicyclic amines) is 1. The van der Waals surface area contributed by atoms with Gasteiger partial charge in [-0.15, -0.1) is 0 Å². The van der Waals surface area contributed by atoms with E-state index in [1.165, 1.54) is 24.9 Å². The molecule has 2 atom stereocenters. The fourth-order valence-electron chi connectivity index (χ4n) is 2.74. The second-order valence-corrected chi connectivity index (χ2v) is 5.49. The van der Waals surface area contributed by atoms with Gasteiger partial charge in [-0.3, -0.25) is 4.90 Å². The topological polar surface area (TPSA) is 26.7 Å². The highest BCUT2D eigenvalue weighted by molar-refractivity contribution is 5.29. The molecule has 0 bridgehead atoms. The monoisotopic (exact) mass is 248 g/mol. The number of benzene rings is 1. The van der Waals surface area contributed by atoms with Crippen LogP contribution >= 0.6 is 0 Å². The summed E-state index contributed by atoms with van der Waals surface area (Å²) in [6.45, 7) is 4.51. The lowest BCUT2D eigenvalue weighted by Crippen LogP contribution is -2.37. The maximum Gasteiger partial charge on any atom is 0.115 e. The Hall–Kier alpha value is -1.06. The van der Waals surface area contributed by atoms with Gasteiger partial charge in [0.2, 0.25) is 0 Å². The molecule has 3 nitrogen and oxygen atoms in total. The number of likely N-dealkylation sites (N-methyl/N-ethyl adjacent to an activating group) is 2. The summed E-state index contributed by atoms with van der Waals surface area (Å²) in [7, 11) is 4.38. The standard InChI is InChI=1S/C15H24N2O/c1-12(13-6-4-8-15(18)10-13)17(3)11-14-7-5-9-16(14)2/h4,6,8,10,12,14,18H,5,7,9,11H2,1-3H3. The molecule has 0 aliphatic carbocycles. The molecule has 1 saturated heterocycles. The Balaban J connectivity index is 1.98. The van der Waals surface area contributed by atoms with Crippen molar-refractivity contribution >= 4 is 0 Å². The molecule has 2 rings (SSSR count). The van der Waals surface area contributed by atoms with E-state index in [0.29, 0.717) is 17.8 Å². The predicted octanol–water partition coefficient (Wildman–Crippen LogP) is 2.48. The molecule has 1 heterocycles. The van der Waals surface area contributed by atoms with Crippen LogP contribution in [-0.2, 0) is 0 Å². The van der Waals surface area contributed by atoms with Crippen molar-refractivity contribution in [1.29, 1.82) is 0 Å². The number of nitrogens with zero attached hydrogens (tertiary/aromatic N) is 2. The molecule has 0 saturated carbocycles. The van der Waals surface area contributed by atoms with Crippen molar-refractivity contribution in [2.75, 3.05) is 27.2 Å². The average molecular weight is 248 g/mol. The van der Waals surface area contributed by atoms with Crippen LogP contribution in [0.4, 0.5) is 0 Å². The molecule has 100 valence electrons. The van der Waals surface area contributed by atoms with Crippen LogP contribution in [0.5, 0.6) is 5.75 Å². The zero-order chi connectivity index (χ0) is 13.1. The van der Waals surface area contributed by atoms with Gasteiger partial charge in [0.1, 0.15) is 5.75 Å². The lowest BCUT2D eigenvalue weighted by atomic mass is 10.1. The molecular formula is C15H24N2O. The highest BCUT2D eigenvalue weighted by atomic mass is 16.3. The zero-order valence-electron chi connectivity index (χ0n) is 11.6. The minimum Gasteiger partial charge on any atom is -0.508 e. The number of aromatic hydroxyl groups is 1. The van der Waals surface area contributed by atoms with Crippen LogP contribution in [0.1, 0.15) is 31.4 Å². The second-order valence-electron chi connectivity index (χ2n) is 5.49. The minimum atomic E-state index is 0.339. The molecule has 1 fully saturated rings. The van der Waals surface area contributed by atoms with Gasteiger partial charge >= 0.3 is 0 Å². The van der Waals surface area contributed by atoms with Gasteiger partial charge < -0.3 is 10.0 Å². The van der Waals surface area contributed by atoms with Crippen LogP contribution in [0.15, 0.2) is 24.3 Å². The molecule has 18 heavy (non-hydrogen) atoms. The van der Waals surface area contributed by atoms with Gasteiger partial charge in [-0.2, -0.15) is 0 Å². The summed E-state index contributed by atoms with van der Waals surface area (Å²) in [6.07, 6.45) is 2.61. The Morgan fingerprint density at radius 2 is 2.28 bits per heavy atom. The number of phenolic OH excluding ortho intramolecular Hbond substituents is 1. The van der Waals surface area contributed by atoms with E-state index in [0.717, 1.165) is 6.54 Å². The third-order valence-electron chi connectivity index (χ3n) is 4.18. The van der Waals surface area contributed by atoms with E-state index in [1.54, 1.807) is 6.07 Å². The van der Waals surface area contributed by atoms with E-state index >= 15 is 0 Å². The first-order chi connectivity index (χ1) is 8.58. The molecule has 0 radical (unpaired) electrons. The molecule has 1 aromatic carbocycles. The van der Waals surface area contributed by atoms with Crippen LogP contribution in [0, 0.1) is 0 Å². The van der Waals surface area contributed by atoms with Crippen molar-refractivity contribution in [2.45, 2.75) is 31.8 Å². The largest absolute Gasteiger partial charge is 0.508 e. The first-order valence-corrected chi connectivity index (χ1v) is 6.77. The number of hydrogen-bond acceptors (Lipinski definition) is 3. The lowest BCUT2D eigenvalue weighted by molar-refractivity contribution is 0.185. The SMILES string of the molecule is CC(c1cccc(O)c1)N(C)CC1CCCN1C. The molecule has 1 aromatic rings. The van der Waals surface area contributed by atoms with E-state index in [9.17, 15) is 5.11 Å². The van der Waals surface area contributed by atoms with Gasteiger partial charge in [-0.1, -0.05) is 12.1 Å². The third-order valence-corrected chi connectivity index (χ3v) is 4.18. The summed E-state index contributed by atoms with van der Waals surface area (Å²) in [4.78, 5) is 4.83. The van der Waals surface area contributed by atoms with E-state index in [4.69, 9.17) is 0 Å². The van der Waals surface area contributed by atoms with Crippen molar-refractivity contribution in [1.82, 2.24) is 9.80 Å². The minimum absolute atomic E-state index is 0.339. The highest BCUT2D eigenvalue weighted by Gasteiger charge is 2.24. The van der Waals surface area contributed by atoms with Gasteiger partial charge in [0.15, 0.2) is 0 Å². The Morgan fingerprint density at radius 1 is 1.50 bits per heavy atom. The maximum atomic E-state index is 9.54. The van der Waals surface area contributed by atoms with E-state index in [1.807, 2.05) is 12.1 Å². The fraction of sp³-hybridized carbons (Fsp3) is 0.600. The van der Waals surface area contributed by atoms with Gasteiger partial charge in [-0.05, 0) is 58.1 Å². The van der Waals surface area contributed by atoms with Crippen LogP contribution in [-0.4, -0.2) is 48.1 Å². The van der Waals surface area contributed by atoms with Crippen LogP contribution in [0.3, 0.4) is 0 Å². The second kappa shape index (κ2) is 5.72. The van der Waals surface area contributed by atoms with Gasteiger partial charge in [0.05, 0.1) is 0 Å². The Bertz CT molecular complexity index is 394. The molecule has 2 unspecified atom stereocenters. The van der Waals surface area contributed by atoms with Crippen LogP contribution < -0.4 is 0 Å². The molecule has 0 spiro atoms. The Morgan fingerprint density at radius 3 is 2.89 bits per heavy atom. The molecular weight excluding hydrogens is 224 g/mol. The van der Waals surface area contributed by atoms with Crippen molar-refractivity contribution in [3.05, 3.63) is 29.8 Å². The van der Waals surface area contributed by atoms with Gasteiger partial charge in [0.25, 0.3) is 0 Å². The van der Waals surface area contributed by atoms with E-state index in [2.05, 4.69) is 36.9 Å². The number of phenols is 1. The lowest BCUT2D eigenvalue weighted by Gasteiger charge is -2.30. The van der Waals surface area contributed by atoms with Crippen molar-refractivity contribution in [3.63, 3.8) is 0 Å². The number of hydrogen-bond donors (Lipinski definition) is 1. The first kappa shape index (κ1) is 13.4. The van der Waals surface area contributed by atoms with Crippen molar-refractivity contribution in [3.8, 4) is 5.75 Å². The van der Waals surface area contributed by atoms with Gasteiger partial charge in [-0.25, -0.2) is 0 Å². The Kier molecular flexibility index (Phi) is 4.25. The first-order valence-electron chi connectivity index (χ1n) is 6.77. The van der Waals surface area contributed by atoms with E-state index < -0.39 is 0 Å². The van der Waals surface area contributed by atoms with Crippen LogP contribution in [0.25, 0.3) is 0 Å². The molecule has 1 aliphatic rings. The quantitative estimate of drug-likeness (QED) is 0.887. The average Bonchev–Trinajstić information content (AvgIpc) is 2.74. The summed E-state index contributed by atoms with van der Waals surface area (Å²) < 4.78 is 0. The smallest absolute Gasteiger partial charge is 0.115 e. The van der Waals surface area contributed by atoms with Gasteiger partial charge in [0, 0.05) is 18.6 Å². The Labute approximate surface area is 110 Å². The highest BCUT2D eigenvalue weighted by Crippen LogP contribution is 2.24. The molecule has 3 heteroatoms. The van der Waals surface area contributed by atoms with Crippen molar-refractivity contribution in [2.24, 2.45) is 0 Å².